The minimum atomic E-state index is -0.397. The van der Waals surface area contributed by atoms with E-state index in [0.29, 0.717) is 23.4 Å². The van der Waals surface area contributed by atoms with Crippen LogP contribution in [0.1, 0.15) is 72.0 Å². The van der Waals surface area contributed by atoms with Gasteiger partial charge in [0.2, 0.25) is 0 Å². The van der Waals surface area contributed by atoms with Crippen molar-refractivity contribution < 1.29 is 9.59 Å². The fraction of sp³-hybridized carbons (Fsp3) is 0.346. The first kappa shape index (κ1) is 24.7. The van der Waals surface area contributed by atoms with Crippen molar-refractivity contribution in [3.8, 4) is 5.69 Å². The lowest BCUT2D eigenvalue weighted by Crippen LogP contribution is -2.42. The number of carbonyl (C=O) groups is 2. The number of nitrogens with zero attached hydrogens (tertiary/aromatic N) is 2. The predicted octanol–water partition coefficient (Wildman–Crippen LogP) is 5.48. The number of Topliss-reactive ketones (excluding diaryl/α,β-unsaturated/α-hetero) is 1. The van der Waals surface area contributed by atoms with E-state index in [9.17, 15) is 14.4 Å². The normalized spacial score (nSPS) is 12.1. The fourth-order valence-electron chi connectivity index (χ4n) is 3.69. The van der Waals surface area contributed by atoms with Crippen molar-refractivity contribution in [2.24, 2.45) is 0 Å². The molecule has 0 fully saturated rings. The van der Waals surface area contributed by atoms with Crippen LogP contribution in [-0.4, -0.2) is 39.0 Å². The van der Waals surface area contributed by atoms with E-state index >= 15 is 0 Å². The Kier molecular flexibility index (Phi) is 7.74. The van der Waals surface area contributed by atoms with E-state index in [4.69, 9.17) is 0 Å². The van der Waals surface area contributed by atoms with Gasteiger partial charge in [-0.1, -0.05) is 60.5 Å². The summed E-state index contributed by atoms with van der Waals surface area (Å²) in [6.07, 6.45) is 0.685. The highest BCUT2D eigenvalue weighted by Crippen LogP contribution is 2.20. The SMILES string of the molecule is CCC(C)N(CC(=O)c1c(C(C)C)[nH]n(-c2ccc(C)cc2)c1=O)C(=O)c1cccc(Br)c1. The van der Waals surface area contributed by atoms with E-state index in [1.54, 1.807) is 23.1 Å². The van der Waals surface area contributed by atoms with Crippen molar-refractivity contribution in [1.82, 2.24) is 14.7 Å². The Morgan fingerprint density at radius 1 is 1.09 bits per heavy atom. The number of aryl methyl sites for hydroxylation is 1. The van der Waals surface area contributed by atoms with Crippen LogP contribution in [0.25, 0.3) is 5.69 Å². The Hall–Kier alpha value is -2.93. The van der Waals surface area contributed by atoms with Gasteiger partial charge in [0, 0.05) is 16.1 Å². The summed E-state index contributed by atoms with van der Waals surface area (Å²) in [6, 6.07) is 14.5. The fourth-order valence-corrected chi connectivity index (χ4v) is 4.09. The quantitative estimate of drug-likeness (QED) is 0.406. The zero-order valence-electron chi connectivity index (χ0n) is 19.7. The topological polar surface area (TPSA) is 75.2 Å². The van der Waals surface area contributed by atoms with Crippen molar-refractivity contribution >= 4 is 27.6 Å². The highest BCUT2D eigenvalue weighted by molar-refractivity contribution is 9.10. The van der Waals surface area contributed by atoms with Crippen LogP contribution in [0.2, 0.25) is 0 Å². The minimum absolute atomic E-state index is 0.0684. The molecule has 0 aliphatic heterocycles. The molecule has 2 aromatic carbocycles. The van der Waals surface area contributed by atoms with E-state index in [0.717, 1.165) is 10.0 Å². The van der Waals surface area contributed by atoms with Crippen LogP contribution in [0.3, 0.4) is 0 Å². The van der Waals surface area contributed by atoms with Crippen LogP contribution in [0, 0.1) is 6.92 Å². The summed E-state index contributed by atoms with van der Waals surface area (Å²) in [5, 5.41) is 3.12. The number of nitrogens with one attached hydrogen (secondary N) is 1. The molecule has 0 saturated carbocycles. The average Bonchev–Trinajstić information content (AvgIpc) is 3.14. The first-order valence-corrected chi connectivity index (χ1v) is 11.9. The average molecular weight is 512 g/mol. The Morgan fingerprint density at radius 2 is 1.76 bits per heavy atom. The lowest BCUT2D eigenvalue weighted by Gasteiger charge is -2.28. The third-order valence-corrected chi connectivity index (χ3v) is 6.33. The van der Waals surface area contributed by atoms with Crippen LogP contribution in [-0.2, 0) is 0 Å². The van der Waals surface area contributed by atoms with E-state index in [2.05, 4.69) is 21.0 Å². The number of hydrogen-bond donors (Lipinski definition) is 1. The van der Waals surface area contributed by atoms with Gasteiger partial charge in [0.1, 0.15) is 5.56 Å². The van der Waals surface area contributed by atoms with E-state index in [-0.39, 0.29) is 35.8 Å². The number of ketones is 1. The smallest absolute Gasteiger partial charge is 0.282 e. The van der Waals surface area contributed by atoms with Gasteiger partial charge in [-0.2, -0.15) is 0 Å². The molecule has 7 heteroatoms. The van der Waals surface area contributed by atoms with Crippen LogP contribution >= 0.6 is 15.9 Å². The molecule has 33 heavy (non-hydrogen) atoms. The van der Waals surface area contributed by atoms with Gasteiger partial charge in [0.15, 0.2) is 5.78 Å². The van der Waals surface area contributed by atoms with Gasteiger partial charge in [0.05, 0.1) is 17.9 Å². The number of aromatic nitrogens is 2. The minimum Gasteiger partial charge on any atom is -0.328 e. The van der Waals surface area contributed by atoms with Gasteiger partial charge < -0.3 is 4.90 Å². The van der Waals surface area contributed by atoms with Gasteiger partial charge in [-0.15, -0.1) is 0 Å². The molecule has 0 radical (unpaired) electrons. The summed E-state index contributed by atoms with van der Waals surface area (Å²) in [6.45, 7) is 9.55. The number of carbonyl (C=O) groups excluding carboxylic acids is 2. The van der Waals surface area contributed by atoms with E-state index in [1.165, 1.54) is 4.68 Å². The highest BCUT2D eigenvalue weighted by atomic mass is 79.9. The predicted molar refractivity (Wildman–Crippen MR) is 134 cm³/mol. The second kappa shape index (κ2) is 10.3. The van der Waals surface area contributed by atoms with Crippen LogP contribution < -0.4 is 5.56 Å². The van der Waals surface area contributed by atoms with Gasteiger partial charge in [-0.05, 0) is 56.5 Å². The maximum atomic E-state index is 13.5. The van der Waals surface area contributed by atoms with Gasteiger partial charge >= 0.3 is 0 Å². The van der Waals surface area contributed by atoms with Crippen molar-refractivity contribution in [2.75, 3.05) is 6.54 Å². The lowest BCUT2D eigenvalue weighted by atomic mass is 10.0. The highest BCUT2D eigenvalue weighted by Gasteiger charge is 2.29. The molecule has 0 spiro atoms. The molecule has 6 nitrogen and oxygen atoms in total. The van der Waals surface area contributed by atoms with Gasteiger partial charge in [0.25, 0.3) is 11.5 Å². The largest absolute Gasteiger partial charge is 0.328 e. The van der Waals surface area contributed by atoms with Crippen LogP contribution in [0.4, 0.5) is 0 Å². The molecule has 174 valence electrons. The molecule has 1 amide bonds. The van der Waals surface area contributed by atoms with E-state index in [1.807, 2.05) is 65.0 Å². The van der Waals surface area contributed by atoms with Gasteiger partial charge in [-0.3, -0.25) is 19.5 Å². The zero-order chi connectivity index (χ0) is 24.3. The Balaban J connectivity index is 2.01. The molecule has 1 heterocycles. The summed E-state index contributed by atoms with van der Waals surface area (Å²) in [7, 11) is 0. The van der Waals surface area contributed by atoms with E-state index < -0.39 is 5.56 Å². The number of aromatic amines is 1. The summed E-state index contributed by atoms with van der Waals surface area (Å²) in [5.41, 5.74) is 2.52. The number of benzene rings is 2. The maximum absolute atomic E-state index is 13.5. The van der Waals surface area contributed by atoms with Crippen molar-refractivity contribution in [3.05, 3.63) is 85.7 Å². The maximum Gasteiger partial charge on any atom is 0.282 e. The first-order chi connectivity index (χ1) is 15.6. The molecule has 0 bridgehead atoms. The molecule has 1 unspecified atom stereocenters. The molecule has 3 rings (SSSR count). The zero-order valence-corrected chi connectivity index (χ0v) is 21.3. The molecule has 1 aromatic heterocycles. The Morgan fingerprint density at radius 3 is 2.33 bits per heavy atom. The van der Waals surface area contributed by atoms with Crippen LogP contribution in [0.15, 0.2) is 57.8 Å². The Labute approximate surface area is 202 Å². The van der Waals surface area contributed by atoms with Crippen molar-refractivity contribution in [1.29, 1.82) is 0 Å². The van der Waals surface area contributed by atoms with Crippen molar-refractivity contribution in [3.63, 3.8) is 0 Å². The second-order valence-electron chi connectivity index (χ2n) is 8.66. The van der Waals surface area contributed by atoms with Crippen molar-refractivity contribution in [2.45, 2.75) is 53.0 Å². The molecule has 0 saturated heterocycles. The summed E-state index contributed by atoms with van der Waals surface area (Å²) >= 11 is 3.40. The molecule has 1 atom stereocenters. The molecular formula is C26H30BrN3O3. The van der Waals surface area contributed by atoms with Gasteiger partial charge in [-0.25, -0.2) is 4.68 Å². The third kappa shape index (κ3) is 5.36. The number of halogens is 1. The Bertz CT molecular complexity index is 1210. The molecule has 0 aliphatic carbocycles. The third-order valence-electron chi connectivity index (χ3n) is 5.84. The van der Waals surface area contributed by atoms with Crippen LogP contribution in [0.5, 0.6) is 0 Å². The number of rotatable bonds is 8. The monoisotopic (exact) mass is 511 g/mol. The number of H-pyrrole nitrogens is 1. The molecule has 0 aliphatic rings. The standard InChI is InChI=1S/C26H30BrN3O3/c1-6-18(5)29(25(32)19-8-7-9-20(27)14-19)15-22(31)23-24(16(2)3)28-30(26(23)33)21-12-10-17(4)11-13-21/h7-14,16,18,28H,6,15H2,1-5H3. The summed E-state index contributed by atoms with van der Waals surface area (Å²) in [4.78, 5) is 41.7. The summed E-state index contributed by atoms with van der Waals surface area (Å²) in [5.74, 6) is -0.671. The molecule has 3 aromatic rings. The molecule has 1 N–H and O–H groups in total. The lowest BCUT2D eigenvalue weighted by molar-refractivity contribution is 0.0645. The molecular weight excluding hydrogens is 482 g/mol. The first-order valence-electron chi connectivity index (χ1n) is 11.2. The second-order valence-corrected chi connectivity index (χ2v) is 9.57. The summed E-state index contributed by atoms with van der Waals surface area (Å²) < 4.78 is 2.20. The number of hydrogen-bond acceptors (Lipinski definition) is 3. The number of amides is 1.